The lowest BCUT2D eigenvalue weighted by Crippen LogP contribution is -2.16. The zero-order chi connectivity index (χ0) is 16.2. The van der Waals surface area contributed by atoms with Gasteiger partial charge in [-0.3, -0.25) is 4.79 Å². The van der Waals surface area contributed by atoms with Gasteiger partial charge in [-0.05, 0) is 23.3 Å². The molecular weight excluding hydrogens is 295 g/mol. The van der Waals surface area contributed by atoms with Crippen molar-refractivity contribution in [2.45, 2.75) is 19.7 Å². The molecule has 0 atom stereocenters. The fourth-order valence-corrected chi connectivity index (χ4v) is 2.49. The number of para-hydroxylation sites is 1. The average Bonchev–Trinajstić information content (AvgIpc) is 2.57. The molecule has 1 heterocycles. The smallest absolute Gasteiger partial charge is 0.189 e. The number of benzene rings is 2. The number of aliphatic hydroxyl groups is 1. The molecule has 2 aromatic carbocycles. The summed E-state index contributed by atoms with van der Waals surface area (Å²) in [6.45, 7) is 1.07. The minimum atomic E-state index is -0.430. The van der Waals surface area contributed by atoms with E-state index < -0.39 is 5.82 Å². The van der Waals surface area contributed by atoms with Gasteiger partial charge in [0.25, 0.3) is 0 Å². The molecule has 3 rings (SSSR count). The summed E-state index contributed by atoms with van der Waals surface area (Å²) in [7, 11) is 0. The summed E-state index contributed by atoms with van der Waals surface area (Å²) in [6, 6.07) is 13.6. The maximum atomic E-state index is 13.8. The standard InChI is InChI=1S/C18H17FN2O2/c19-16-3-1-2-15-17(23)8-14(21-18(15)16)10-20-9-12-4-6-13(11-22)7-5-12/h1-8,20,22H,9-11H2,(H,21,23). The van der Waals surface area contributed by atoms with Crippen LogP contribution in [0.4, 0.5) is 4.39 Å². The Morgan fingerprint density at radius 1 is 1.04 bits per heavy atom. The lowest BCUT2D eigenvalue weighted by atomic mass is 10.1. The van der Waals surface area contributed by atoms with Crippen molar-refractivity contribution in [1.29, 1.82) is 0 Å². The molecule has 23 heavy (non-hydrogen) atoms. The van der Waals surface area contributed by atoms with Crippen molar-refractivity contribution < 1.29 is 9.50 Å². The number of aliphatic hydroxyl groups excluding tert-OH is 1. The third kappa shape index (κ3) is 3.47. The molecule has 0 aliphatic carbocycles. The van der Waals surface area contributed by atoms with Crippen molar-refractivity contribution in [1.82, 2.24) is 10.3 Å². The molecule has 0 aliphatic rings. The zero-order valence-corrected chi connectivity index (χ0v) is 12.5. The molecular formula is C18H17FN2O2. The quantitative estimate of drug-likeness (QED) is 0.678. The van der Waals surface area contributed by atoms with Gasteiger partial charge in [0, 0.05) is 30.2 Å². The van der Waals surface area contributed by atoms with Crippen LogP contribution in [0, 0.1) is 5.82 Å². The zero-order valence-electron chi connectivity index (χ0n) is 12.5. The number of hydrogen-bond acceptors (Lipinski definition) is 3. The van der Waals surface area contributed by atoms with E-state index in [9.17, 15) is 9.18 Å². The molecule has 3 N–H and O–H groups in total. The minimum absolute atomic E-state index is 0.0254. The fourth-order valence-electron chi connectivity index (χ4n) is 2.49. The third-order valence-corrected chi connectivity index (χ3v) is 3.72. The number of rotatable bonds is 5. The monoisotopic (exact) mass is 312 g/mol. The second-order valence-electron chi connectivity index (χ2n) is 5.40. The Morgan fingerprint density at radius 3 is 2.52 bits per heavy atom. The first kappa shape index (κ1) is 15.4. The van der Waals surface area contributed by atoms with Crippen LogP contribution in [0.15, 0.2) is 53.3 Å². The molecule has 4 nitrogen and oxygen atoms in total. The Morgan fingerprint density at radius 2 is 1.78 bits per heavy atom. The highest BCUT2D eigenvalue weighted by atomic mass is 19.1. The van der Waals surface area contributed by atoms with Gasteiger partial charge >= 0.3 is 0 Å². The molecule has 3 aromatic rings. The Labute approximate surface area is 132 Å². The SMILES string of the molecule is O=c1cc(CNCc2ccc(CO)cc2)[nH]c2c(F)cccc12. The Hall–Kier alpha value is -2.50. The van der Waals surface area contributed by atoms with E-state index in [2.05, 4.69) is 10.3 Å². The predicted molar refractivity (Wildman–Crippen MR) is 87.4 cm³/mol. The fraction of sp³-hybridized carbons (Fsp3) is 0.167. The highest BCUT2D eigenvalue weighted by Gasteiger charge is 2.06. The maximum absolute atomic E-state index is 13.8. The summed E-state index contributed by atoms with van der Waals surface area (Å²) in [5.41, 5.74) is 2.62. The van der Waals surface area contributed by atoms with Gasteiger partial charge in [-0.2, -0.15) is 0 Å². The van der Waals surface area contributed by atoms with E-state index in [-0.39, 0.29) is 17.6 Å². The van der Waals surface area contributed by atoms with Gasteiger partial charge in [0.05, 0.1) is 12.1 Å². The van der Waals surface area contributed by atoms with Crippen molar-refractivity contribution in [3.63, 3.8) is 0 Å². The average molecular weight is 312 g/mol. The van der Waals surface area contributed by atoms with Crippen LogP contribution in [-0.4, -0.2) is 10.1 Å². The molecule has 1 aromatic heterocycles. The number of pyridine rings is 1. The summed E-state index contributed by atoms with van der Waals surface area (Å²) in [6.07, 6.45) is 0. The van der Waals surface area contributed by atoms with Crippen molar-refractivity contribution >= 4 is 10.9 Å². The first-order valence-electron chi connectivity index (χ1n) is 7.37. The van der Waals surface area contributed by atoms with Crippen LogP contribution in [0.25, 0.3) is 10.9 Å². The van der Waals surface area contributed by atoms with E-state index in [0.717, 1.165) is 11.1 Å². The summed E-state index contributed by atoms with van der Waals surface area (Å²) in [4.78, 5) is 15.0. The van der Waals surface area contributed by atoms with Gasteiger partial charge in [-0.15, -0.1) is 0 Å². The predicted octanol–water partition coefficient (Wildman–Crippen LogP) is 2.45. The molecule has 0 spiro atoms. The van der Waals surface area contributed by atoms with Crippen LogP contribution in [0.5, 0.6) is 0 Å². The number of halogens is 1. The number of fused-ring (bicyclic) bond motifs is 1. The molecule has 0 amide bonds. The minimum Gasteiger partial charge on any atom is -0.392 e. The van der Waals surface area contributed by atoms with Crippen molar-refractivity contribution in [3.05, 3.63) is 81.4 Å². The molecule has 0 unspecified atom stereocenters. The number of hydrogen-bond donors (Lipinski definition) is 3. The van der Waals surface area contributed by atoms with E-state index in [0.29, 0.717) is 24.2 Å². The van der Waals surface area contributed by atoms with E-state index in [1.807, 2.05) is 24.3 Å². The van der Waals surface area contributed by atoms with E-state index in [1.54, 1.807) is 6.07 Å². The molecule has 0 saturated heterocycles. The molecule has 0 aliphatic heterocycles. The number of aromatic amines is 1. The van der Waals surface area contributed by atoms with Crippen molar-refractivity contribution in [2.75, 3.05) is 0 Å². The molecule has 0 fully saturated rings. The first-order valence-corrected chi connectivity index (χ1v) is 7.37. The highest BCUT2D eigenvalue weighted by Crippen LogP contribution is 2.12. The van der Waals surface area contributed by atoms with E-state index in [4.69, 9.17) is 5.11 Å². The van der Waals surface area contributed by atoms with Gasteiger partial charge in [0.2, 0.25) is 0 Å². The van der Waals surface area contributed by atoms with Crippen LogP contribution >= 0.6 is 0 Å². The van der Waals surface area contributed by atoms with Crippen LogP contribution in [0.2, 0.25) is 0 Å². The molecule has 5 heteroatoms. The molecule has 0 radical (unpaired) electrons. The maximum Gasteiger partial charge on any atom is 0.189 e. The van der Waals surface area contributed by atoms with Gasteiger partial charge in [-0.25, -0.2) is 4.39 Å². The number of aromatic nitrogens is 1. The van der Waals surface area contributed by atoms with Gasteiger partial charge < -0.3 is 15.4 Å². The largest absolute Gasteiger partial charge is 0.392 e. The van der Waals surface area contributed by atoms with Crippen LogP contribution in [0.3, 0.4) is 0 Å². The second-order valence-corrected chi connectivity index (χ2v) is 5.40. The Bertz CT molecular complexity index is 872. The lowest BCUT2D eigenvalue weighted by Gasteiger charge is -2.08. The normalized spacial score (nSPS) is 11.0. The van der Waals surface area contributed by atoms with Crippen LogP contribution in [0.1, 0.15) is 16.8 Å². The number of H-pyrrole nitrogens is 1. The number of nitrogens with one attached hydrogen (secondary N) is 2. The molecule has 118 valence electrons. The summed E-state index contributed by atoms with van der Waals surface area (Å²) in [5, 5.41) is 12.6. The first-order chi connectivity index (χ1) is 11.2. The Kier molecular flexibility index (Phi) is 4.50. The van der Waals surface area contributed by atoms with Gasteiger partial charge in [-0.1, -0.05) is 30.3 Å². The van der Waals surface area contributed by atoms with Gasteiger partial charge in [0.15, 0.2) is 5.43 Å². The third-order valence-electron chi connectivity index (χ3n) is 3.72. The summed E-state index contributed by atoms with van der Waals surface area (Å²) in [5.74, 6) is -0.430. The molecule has 0 bridgehead atoms. The Balaban J connectivity index is 1.71. The van der Waals surface area contributed by atoms with Crippen LogP contribution in [-0.2, 0) is 19.7 Å². The van der Waals surface area contributed by atoms with Gasteiger partial charge in [0.1, 0.15) is 5.82 Å². The summed E-state index contributed by atoms with van der Waals surface area (Å²) >= 11 is 0. The second kappa shape index (κ2) is 6.73. The summed E-state index contributed by atoms with van der Waals surface area (Å²) < 4.78 is 13.8. The van der Waals surface area contributed by atoms with Crippen molar-refractivity contribution in [2.24, 2.45) is 0 Å². The van der Waals surface area contributed by atoms with Crippen molar-refractivity contribution in [3.8, 4) is 0 Å². The topological polar surface area (TPSA) is 65.1 Å². The molecule has 0 saturated carbocycles. The van der Waals surface area contributed by atoms with Crippen LogP contribution < -0.4 is 10.7 Å². The highest BCUT2D eigenvalue weighted by molar-refractivity contribution is 5.78. The van der Waals surface area contributed by atoms with E-state index >= 15 is 0 Å². The lowest BCUT2D eigenvalue weighted by molar-refractivity contribution is 0.282. The van der Waals surface area contributed by atoms with E-state index in [1.165, 1.54) is 18.2 Å².